The molecule has 11 nitrogen and oxygen atoms in total. The van der Waals surface area contributed by atoms with Gasteiger partial charge in [-0.1, -0.05) is 42.5 Å². The van der Waals surface area contributed by atoms with Crippen molar-refractivity contribution in [2.45, 2.75) is 38.4 Å². The van der Waals surface area contributed by atoms with Crippen molar-refractivity contribution in [3.8, 4) is 0 Å². The average molecular weight is 561 g/mol. The summed E-state index contributed by atoms with van der Waals surface area (Å²) in [5.41, 5.74) is 1.49. The summed E-state index contributed by atoms with van der Waals surface area (Å²) >= 11 is 0. The number of hydrogen-bond acceptors (Lipinski definition) is 9. The first-order valence-electron chi connectivity index (χ1n) is 13.7. The molecule has 0 spiro atoms. The molecule has 1 unspecified atom stereocenters. The van der Waals surface area contributed by atoms with E-state index >= 15 is 0 Å². The van der Waals surface area contributed by atoms with E-state index in [0.29, 0.717) is 18.8 Å². The van der Waals surface area contributed by atoms with Crippen LogP contribution in [-0.4, -0.2) is 73.5 Å². The zero-order chi connectivity index (χ0) is 29.0. The fourth-order valence-corrected chi connectivity index (χ4v) is 4.74. The van der Waals surface area contributed by atoms with Crippen LogP contribution in [0.25, 0.3) is 10.8 Å². The molecule has 1 aliphatic heterocycles. The first-order chi connectivity index (χ1) is 19.9. The van der Waals surface area contributed by atoms with E-state index < -0.39 is 24.5 Å². The summed E-state index contributed by atoms with van der Waals surface area (Å²) in [7, 11) is 0. The van der Waals surface area contributed by atoms with E-state index in [1.807, 2.05) is 42.5 Å². The molecule has 2 aromatic carbocycles. The van der Waals surface area contributed by atoms with Crippen molar-refractivity contribution in [1.29, 1.82) is 0 Å². The monoisotopic (exact) mass is 560 g/mol. The second kappa shape index (κ2) is 15.0. The third-order valence-electron chi connectivity index (χ3n) is 6.86. The lowest BCUT2D eigenvalue weighted by Gasteiger charge is -2.23. The number of hydrogen-bond donors (Lipinski definition) is 4. The van der Waals surface area contributed by atoms with Crippen molar-refractivity contribution < 1.29 is 23.9 Å². The van der Waals surface area contributed by atoms with Crippen LogP contribution in [0.2, 0.25) is 0 Å². The number of carbonyl (C=O) groups is 4. The van der Waals surface area contributed by atoms with Crippen LogP contribution in [0.3, 0.4) is 0 Å². The summed E-state index contributed by atoms with van der Waals surface area (Å²) in [5.74, 6) is -2.39. The van der Waals surface area contributed by atoms with E-state index in [1.54, 1.807) is 12.1 Å². The Kier molecular flexibility index (Phi) is 10.9. The van der Waals surface area contributed by atoms with E-state index in [4.69, 9.17) is 4.74 Å². The Morgan fingerprint density at radius 2 is 1.85 bits per heavy atom. The minimum atomic E-state index is -0.919. The van der Waals surface area contributed by atoms with E-state index in [1.165, 1.54) is 24.2 Å². The van der Waals surface area contributed by atoms with Gasteiger partial charge in [0.25, 0.3) is 0 Å². The molecule has 2 amide bonds. The van der Waals surface area contributed by atoms with Crippen molar-refractivity contribution in [3.63, 3.8) is 0 Å². The van der Waals surface area contributed by atoms with Crippen LogP contribution in [0.5, 0.6) is 0 Å². The smallest absolute Gasteiger partial charge is 0.333 e. The predicted octanol–water partition coefficient (Wildman–Crippen LogP) is 1.27. The highest BCUT2D eigenvalue weighted by molar-refractivity contribution is 6.00. The van der Waals surface area contributed by atoms with Crippen molar-refractivity contribution in [2.75, 3.05) is 37.6 Å². The van der Waals surface area contributed by atoms with Crippen molar-refractivity contribution in [3.05, 3.63) is 72.6 Å². The number of fused-ring (bicyclic) bond motifs is 1. The summed E-state index contributed by atoms with van der Waals surface area (Å²) in [6, 6.07) is 16.5. The van der Waals surface area contributed by atoms with Gasteiger partial charge in [0.1, 0.15) is 12.6 Å². The quantitative estimate of drug-likeness (QED) is 0.180. The van der Waals surface area contributed by atoms with E-state index in [0.717, 1.165) is 35.7 Å². The van der Waals surface area contributed by atoms with Gasteiger partial charge in [-0.05, 0) is 47.9 Å². The van der Waals surface area contributed by atoms with Gasteiger partial charge in [-0.15, -0.1) is 0 Å². The van der Waals surface area contributed by atoms with E-state index in [-0.39, 0.29) is 30.9 Å². The predicted molar refractivity (Wildman–Crippen MR) is 155 cm³/mol. The van der Waals surface area contributed by atoms with Gasteiger partial charge in [0.15, 0.2) is 0 Å². The van der Waals surface area contributed by atoms with Gasteiger partial charge in [-0.2, -0.15) is 0 Å². The summed E-state index contributed by atoms with van der Waals surface area (Å²) in [5, 5.41) is 14.4. The van der Waals surface area contributed by atoms with Gasteiger partial charge in [0.2, 0.25) is 11.8 Å². The Balaban J connectivity index is 1.37. The molecule has 4 rings (SSSR count). The highest BCUT2D eigenvalue weighted by Gasteiger charge is 2.27. The maximum Gasteiger partial charge on any atom is 0.333 e. The number of nitrogens with zero attached hydrogens (tertiary/aromatic N) is 2. The molecule has 1 fully saturated rings. The summed E-state index contributed by atoms with van der Waals surface area (Å²) in [6.45, 7) is 2.64. The van der Waals surface area contributed by atoms with Crippen molar-refractivity contribution >= 4 is 40.2 Å². The molecule has 2 atom stereocenters. The van der Waals surface area contributed by atoms with Crippen LogP contribution in [-0.2, 0) is 30.5 Å². The molecular formula is C30H36N6O5. The summed E-state index contributed by atoms with van der Waals surface area (Å²) in [4.78, 5) is 55.7. The van der Waals surface area contributed by atoms with Crippen LogP contribution in [0, 0.1) is 0 Å². The maximum absolute atomic E-state index is 13.3. The molecule has 3 aromatic rings. The minimum absolute atomic E-state index is 0.0285. The van der Waals surface area contributed by atoms with E-state index in [2.05, 4.69) is 26.3 Å². The Labute approximate surface area is 239 Å². The normalized spacial score (nSPS) is 15.3. The summed E-state index contributed by atoms with van der Waals surface area (Å²) in [6.07, 6.45) is 5.03. The number of ether oxygens (including phenoxy) is 1. The molecule has 216 valence electrons. The highest BCUT2D eigenvalue weighted by atomic mass is 16.6. The molecule has 1 aliphatic rings. The average Bonchev–Trinajstić information content (AvgIpc) is 3.50. The molecule has 1 saturated heterocycles. The topological polar surface area (TPSA) is 142 Å². The zero-order valence-electron chi connectivity index (χ0n) is 23.1. The number of rotatable bonds is 13. The minimum Gasteiger partial charge on any atom is -0.391 e. The Morgan fingerprint density at radius 3 is 2.61 bits per heavy atom. The fourth-order valence-electron chi connectivity index (χ4n) is 4.74. The fraction of sp³-hybridized carbons (Fsp3) is 0.367. The number of pyridine rings is 1. The van der Waals surface area contributed by atoms with Crippen molar-refractivity contribution in [2.24, 2.45) is 0 Å². The molecule has 41 heavy (non-hydrogen) atoms. The largest absolute Gasteiger partial charge is 0.391 e. The Morgan fingerprint density at radius 1 is 1.07 bits per heavy atom. The van der Waals surface area contributed by atoms with Gasteiger partial charge in [-0.25, -0.2) is 9.59 Å². The lowest BCUT2D eigenvalue weighted by molar-refractivity contribution is -0.160. The number of benzene rings is 2. The molecule has 2 heterocycles. The van der Waals surface area contributed by atoms with Gasteiger partial charge >= 0.3 is 11.9 Å². The molecule has 1 aromatic heterocycles. The maximum atomic E-state index is 13.3. The second-order valence-corrected chi connectivity index (χ2v) is 9.91. The molecule has 0 aliphatic carbocycles. The standard InChI is InChI=1S/C30H36N6O5/c1-21(37)34-18-27(35-17-24-9-5-13-33-24)30(40)41-29(39)20-36(25-11-14-31-15-12-25)28(38)19-32-16-23-8-4-7-22-6-2-3-10-26(22)23/h2-4,6-8,10-12,14-15,24,27,32-33,35H,5,9,13,16-20H2,1H3,(H,34,37)/t24?,27-/m0/s1. The number of amides is 2. The van der Waals surface area contributed by atoms with Crippen molar-refractivity contribution in [1.82, 2.24) is 26.3 Å². The van der Waals surface area contributed by atoms with Crippen LogP contribution in [0.15, 0.2) is 67.0 Å². The number of aromatic nitrogens is 1. The van der Waals surface area contributed by atoms with Crippen LogP contribution >= 0.6 is 0 Å². The SMILES string of the molecule is CC(=O)NC[C@H](NCC1CCCN1)C(=O)OC(=O)CN(C(=O)CNCc1cccc2ccccc12)c1ccncc1. The summed E-state index contributed by atoms with van der Waals surface area (Å²) < 4.78 is 5.14. The lowest BCUT2D eigenvalue weighted by Crippen LogP contribution is -2.51. The third-order valence-corrected chi connectivity index (χ3v) is 6.86. The molecule has 0 radical (unpaired) electrons. The molecule has 4 N–H and O–H groups in total. The van der Waals surface area contributed by atoms with Gasteiger partial charge in [0, 0.05) is 50.7 Å². The number of nitrogens with one attached hydrogen (secondary N) is 4. The van der Waals surface area contributed by atoms with Gasteiger partial charge in [-0.3, -0.25) is 19.5 Å². The van der Waals surface area contributed by atoms with Crippen LogP contribution < -0.4 is 26.2 Å². The second-order valence-electron chi connectivity index (χ2n) is 9.91. The first kappa shape index (κ1) is 29.8. The van der Waals surface area contributed by atoms with Gasteiger partial charge in [0.05, 0.1) is 6.54 Å². The number of carbonyl (C=O) groups excluding carboxylic acids is 4. The molecule has 0 bridgehead atoms. The molecule has 11 heteroatoms. The van der Waals surface area contributed by atoms with Gasteiger partial charge < -0.3 is 26.0 Å². The molecule has 0 saturated carbocycles. The van der Waals surface area contributed by atoms with E-state index in [9.17, 15) is 19.2 Å². The Hall–Kier alpha value is -4.19. The van der Waals surface area contributed by atoms with Crippen LogP contribution in [0.1, 0.15) is 25.3 Å². The number of esters is 2. The highest BCUT2D eigenvalue weighted by Crippen LogP contribution is 2.18. The third kappa shape index (κ3) is 8.90. The van der Waals surface area contributed by atoms with Crippen LogP contribution in [0.4, 0.5) is 5.69 Å². The lowest BCUT2D eigenvalue weighted by atomic mass is 10.0. The Bertz CT molecular complexity index is 1340. The molecular weight excluding hydrogens is 524 g/mol. The number of anilines is 1. The zero-order valence-corrected chi connectivity index (χ0v) is 23.1. The first-order valence-corrected chi connectivity index (χ1v) is 13.7.